The summed E-state index contributed by atoms with van der Waals surface area (Å²) in [5.74, 6) is 0. The molecule has 14 rings (SSSR count). The zero-order valence-electron chi connectivity index (χ0n) is 58.8. The molecule has 0 nitrogen and oxygen atoms in total. The lowest BCUT2D eigenvalue weighted by Gasteiger charge is -2.40. The van der Waals surface area contributed by atoms with Crippen molar-refractivity contribution in [2.75, 3.05) is 0 Å². The molecule has 1 atom stereocenters. The zero-order valence-corrected chi connectivity index (χ0v) is 60.4. The average molecular weight is 1290 g/mol. The molecule has 0 spiro atoms. The molecule has 8 aromatic carbocycles. The summed E-state index contributed by atoms with van der Waals surface area (Å²) in [5, 5.41) is 0. The molecular weight excluding hydrogens is 1180 g/mol. The summed E-state index contributed by atoms with van der Waals surface area (Å²) < 4.78 is 0. The molecule has 95 heavy (non-hydrogen) atoms. The maximum atomic E-state index is 2.71. The summed E-state index contributed by atoms with van der Waals surface area (Å²) >= 11 is 4.00. The van der Waals surface area contributed by atoms with Crippen LogP contribution in [0.15, 0.2) is 182 Å². The molecule has 4 aliphatic rings. The van der Waals surface area contributed by atoms with Crippen LogP contribution in [0.3, 0.4) is 0 Å². The summed E-state index contributed by atoms with van der Waals surface area (Å²) in [6.45, 7) is 19.3. The second-order valence-electron chi connectivity index (χ2n) is 29.4. The Morgan fingerprint density at radius 2 is 0.453 bits per heavy atom. The van der Waals surface area contributed by atoms with Crippen LogP contribution in [0, 0.1) is 0 Å². The monoisotopic (exact) mass is 1280 g/mol. The fraction of sp³-hybridized carbons (Fsp3) is 0.398. The first-order chi connectivity index (χ1) is 46.7. The van der Waals surface area contributed by atoms with Crippen LogP contribution in [0.4, 0.5) is 0 Å². The Bertz CT molecular complexity index is 4330. The van der Waals surface area contributed by atoms with Crippen molar-refractivity contribution in [1.82, 2.24) is 0 Å². The first-order valence-corrected chi connectivity index (χ1v) is 39.6. The highest BCUT2D eigenvalue weighted by Crippen LogP contribution is 2.67. The number of benzene rings is 8. The summed E-state index contributed by atoms with van der Waals surface area (Å²) in [6, 6.07) is 73.2. The number of rotatable bonds is 30. The third kappa shape index (κ3) is 11.1. The van der Waals surface area contributed by atoms with E-state index < -0.39 is 0 Å². The SMILES string of the molecule is CCCCCC1(CCCC)c2cc(-c3ccccc3)ccc2-c2ccc3c(c21)C(CCCC)(CCCC)c1cc(-c2ccc(-c4ccc(-c5ccc6c(c5)C(CCCC)(CCCC)c5c-6ccc6c5C(CCCC)(CCCC)c5cc(-c7ccccc7)ccc5-6)s4)s2)ccc1-3. The van der Waals surface area contributed by atoms with Gasteiger partial charge in [0.1, 0.15) is 0 Å². The van der Waals surface area contributed by atoms with Gasteiger partial charge >= 0.3 is 0 Å². The number of fused-ring (bicyclic) bond motifs is 14. The van der Waals surface area contributed by atoms with Crippen molar-refractivity contribution in [1.29, 1.82) is 0 Å². The molecule has 0 amide bonds. The highest BCUT2D eigenvalue weighted by molar-refractivity contribution is 7.25. The van der Waals surface area contributed by atoms with Crippen LogP contribution in [0.5, 0.6) is 0 Å². The van der Waals surface area contributed by atoms with E-state index in [1.165, 1.54) is 258 Å². The van der Waals surface area contributed by atoms with E-state index >= 15 is 0 Å². The van der Waals surface area contributed by atoms with Crippen LogP contribution < -0.4 is 0 Å². The Morgan fingerprint density at radius 3 is 0.737 bits per heavy atom. The standard InChI is InChI=1S/C93H104S2/c1-9-17-31-59-93(58-24-16-8)79-61-67(65-34-29-26-30-35-65)37-41-71(79)75-45-47-77-73-43-39-69(63-81(73)92(56-22-14-6,57-23-15-7)88(77)89(75)93)83-49-51-85(95-83)84-50-48-82(94-84)68-38-42-72-76-46-44-74-70-40-36-66(64-32-27-25-28-33-64)60-78(70)90(52-18-10-2,53-19-11-3)86(74)87(76)91(54-20-12-4,55-21-13-5)80(72)62-68/h25-30,32-51,60-63H,9-24,31,52-59H2,1-8H3. The molecule has 0 radical (unpaired) electrons. The quantitative estimate of drug-likeness (QED) is 0.0394. The summed E-state index contributed by atoms with van der Waals surface area (Å²) in [5.41, 5.74) is 33.1. The number of hydrogen-bond donors (Lipinski definition) is 0. The minimum Gasteiger partial charge on any atom is -0.134 e. The predicted octanol–water partition coefficient (Wildman–Crippen LogP) is 29.1. The van der Waals surface area contributed by atoms with Gasteiger partial charge in [-0.2, -0.15) is 0 Å². The lowest BCUT2D eigenvalue weighted by molar-refractivity contribution is 0.379. The van der Waals surface area contributed by atoms with Crippen LogP contribution in [0.2, 0.25) is 0 Å². The van der Waals surface area contributed by atoms with E-state index in [1.54, 1.807) is 44.5 Å². The van der Waals surface area contributed by atoms with E-state index in [0.29, 0.717) is 0 Å². The second kappa shape index (κ2) is 27.9. The number of thiophene rings is 2. The van der Waals surface area contributed by atoms with Gasteiger partial charge in [0.05, 0.1) is 0 Å². The molecule has 0 aliphatic heterocycles. The van der Waals surface area contributed by atoms with Gasteiger partial charge in [0, 0.05) is 41.2 Å². The fourth-order valence-corrected chi connectivity index (χ4v) is 21.2. The van der Waals surface area contributed by atoms with Crippen molar-refractivity contribution in [2.45, 2.75) is 238 Å². The molecule has 2 heteroatoms. The van der Waals surface area contributed by atoms with Gasteiger partial charge in [-0.15, -0.1) is 22.7 Å². The van der Waals surface area contributed by atoms with Crippen molar-refractivity contribution in [3.05, 3.63) is 226 Å². The molecule has 0 N–H and O–H groups in total. The maximum Gasteiger partial charge on any atom is 0.0449 e. The normalized spacial score (nSPS) is 16.1. The van der Waals surface area contributed by atoms with E-state index in [-0.39, 0.29) is 21.7 Å². The minimum atomic E-state index is -0.0555. The Hall–Kier alpha value is -6.84. The Balaban J connectivity index is 0.842. The van der Waals surface area contributed by atoms with Gasteiger partial charge in [0.25, 0.3) is 0 Å². The van der Waals surface area contributed by atoms with Gasteiger partial charge in [-0.3, -0.25) is 0 Å². The molecule has 1 unspecified atom stereocenters. The summed E-state index contributed by atoms with van der Waals surface area (Å²) in [6.07, 6.45) is 30.4. The van der Waals surface area contributed by atoms with Crippen molar-refractivity contribution >= 4 is 22.7 Å². The maximum absolute atomic E-state index is 2.71. The summed E-state index contributed by atoms with van der Waals surface area (Å²) in [7, 11) is 0. The topological polar surface area (TPSA) is 0 Å². The third-order valence-electron chi connectivity index (χ3n) is 23.8. The molecule has 10 aromatic rings. The van der Waals surface area contributed by atoms with Gasteiger partial charge < -0.3 is 0 Å². The fourth-order valence-electron chi connectivity index (χ4n) is 19.1. The Labute approximate surface area is 580 Å². The van der Waals surface area contributed by atoms with E-state index in [1.807, 2.05) is 22.7 Å². The van der Waals surface area contributed by atoms with Crippen LogP contribution in [-0.2, 0) is 21.7 Å². The third-order valence-corrected chi connectivity index (χ3v) is 26.2. The molecular formula is C93H104S2. The van der Waals surface area contributed by atoms with Gasteiger partial charge in [0.15, 0.2) is 0 Å². The van der Waals surface area contributed by atoms with Crippen LogP contribution in [0.25, 0.3) is 97.4 Å². The lowest BCUT2D eigenvalue weighted by atomic mass is 9.63. The first-order valence-electron chi connectivity index (χ1n) is 38.0. The largest absolute Gasteiger partial charge is 0.134 e. The molecule has 0 bridgehead atoms. The van der Waals surface area contributed by atoms with Crippen LogP contribution >= 0.6 is 22.7 Å². The van der Waals surface area contributed by atoms with E-state index in [9.17, 15) is 0 Å². The average Bonchev–Trinajstić information content (AvgIpc) is 1.53. The molecule has 488 valence electrons. The summed E-state index contributed by atoms with van der Waals surface area (Å²) in [4.78, 5) is 5.50. The van der Waals surface area contributed by atoms with Crippen molar-refractivity contribution in [3.63, 3.8) is 0 Å². The van der Waals surface area contributed by atoms with Gasteiger partial charge in [-0.05, 0) is 222 Å². The van der Waals surface area contributed by atoms with Crippen LogP contribution in [0.1, 0.15) is 260 Å². The highest BCUT2D eigenvalue weighted by Gasteiger charge is 2.54. The van der Waals surface area contributed by atoms with E-state index in [2.05, 4.69) is 237 Å². The molecule has 0 fully saturated rings. The molecule has 0 saturated carbocycles. The minimum absolute atomic E-state index is 0.0301. The van der Waals surface area contributed by atoms with Crippen molar-refractivity contribution in [2.24, 2.45) is 0 Å². The highest BCUT2D eigenvalue weighted by atomic mass is 32.1. The second-order valence-corrected chi connectivity index (χ2v) is 31.6. The van der Waals surface area contributed by atoms with Gasteiger partial charge in [-0.1, -0.05) is 298 Å². The van der Waals surface area contributed by atoms with Gasteiger partial charge in [0.2, 0.25) is 0 Å². The van der Waals surface area contributed by atoms with Crippen LogP contribution in [-0.4, -0.2) is 0 Å². The van der Waals surface area contributed by atoms with Crippen molar-refractivity contribution in [3.8, 4) is 97.4 Å². The molecule has 2 heterocycles. The Morgan fingerprint density at radius 1 is 0.211 bits per heavy atom. The first kappa shape index (κ1) is 65.4. The van der Waals surface area contributed by atoms with Gasteiger partial charge in [-0.25, -0.2) is 0 Å². The molecule has 2 aromatic heterocycles. The van der Waals surface area contributed by atoms with Crippen molar-refractivity contribution < 1.29 is 0 Å². The smallest absolute Gasteiger partial charge is 0.0449 e. The Kier molecular flexibility index (Phi) is 19.3. The lowest BCUT2D eigenvalue weighted by Crippen LogP contribution is -2.33. The zero-order chi connectivity index (χ0) is 65.3. The van der Waals surface area contributed by atoms with E-state index in [0.717, 1.165) is 0 Å². The van der Waals surface area contributed by atoms with E-state index in [4.69, 9.17) is 0 Å². The molecule has 0 saturated heterocycles. The number of hydrogen-bond acceptors (Lipinski definition) is 2. The molecule has 4 aliphatic carbocycles. The number of unbranched alkanes of at least 4 members (excludes halogenated alkanes) is 9. The predicted molar refractivity (Wildman–Crippen MR) is 415 cm³/mol.